The lowest BCUT2D eigenvalue weighted by molar-refractivity contribution is -0.132. The van der Waals surface area contributed by atoms with Gasteiger partial charge in [0.2, 0.25) is 6.79 Å². The lowest BCUT2D eigenvalue weighted by Crippen LogP contribution is -2.29. The molecule has 1 unspecified atom stereocenters. The van der Waals surface area contributed by atoms with Crippen LogP contribution in [0.4, 0.5) is 5.69 Å². The number of aliphatic hydroxyl groups is 1. The second-order valence-electron chi connectivity index (χ2n) is 7.85. The van der Waals surface area contributed by atoms with Crippen LogP contribution in [0, 0.1) is 6.92 Å². The molecule has 1 N–H and O–H groups in total. The Morgan fingerprint density at radius 2 is 1.76 bits per heavy atom. The van der Waals surface area contributed by atoms with E-state index in [2.05, 4.69) is 0 Å². The summed E-state index contributed by atoms with van der Waals surface area (Å²) in [6.07, 6.45) is 0. The topological polar surface area (TPSA) is 85.3 Å². The summed E-state index contributed by atoms with van der Waals surface area (Å²) < 4.78 is 16.0. The summed E-state index contributed by atoms with van der Waals surface area (Å²) in [5, 5.41) is 11.2. The monoisotopic (exact) mass is 443 g/mol. The maximum Gasteiger partial charge on any atom is 0.300 e. The van der Waals surface area contributed by atoms with Gasteiger partial charge in [0.25, 0.3) is 11.7 Å². The zero-order valence-corrected chi connectivity index (χ0v) is 18.1. The largest absolute Gasteiger partial charge is 0.507 e. The maximum absolute atomic E-state index is 13.3. The van der Waals surface area contributed by atoms with E-state index in [0.717, 1.165) is 5.56 Å². The van der Waals surface area contributed by atoms with Crippen LogP contribution < -0.4 is 19.1 Å². The molecule has 1 amide bonds. The van der Waals surface area contributed by atoms with E-state index in [0.29, 0.717) is 34.1 Å². The molecule has 166 valence electrons. The lowest BCUT2D eigenvalue weighted by atomic mass is 9.94. The Balaban J connectivity index is 1.69. The van der Waals surface area contributed by atoms with Gasteiger partial charge in [-0.3, -0.25) is 14.5 Å². The average molecular weight is 443 g/mol. The number of benzene rings is 3. The predicted octanol–water partition coefficient (Wildman–Crippen LogP) is 4.36. The van der Waals surface area contributed by atoms with E-state index >= 15 is 0 Å². The third-order valence-electron chi connectivity index (χ3n) is 5.80. The molecule has 3 aromatic rings. The molecule has 0 radical (unpaired) electrons. The minimum absolute atomic E-state index is 0.0217. The number of aliphatic hydroxyl groups excluding tert-OH is 1. The number of fused-ring (bicyclic) bond motifs is 1. The van der Waals surface area contributed by atoms with Crippen molar-refractivity contribution in [1.29, 1.82) is 0 Å². The van der Waals surface area contributed by atoms with Crippen LogP contribution in [-0.4, -0.2) is 30.7 Å². The van der Waals surface area contributed by atoms with Gasteiger partial charge in [-0.05, 0) is 48.9 Å². The van der Waals surface area contributed by atoms with Crippen LogP contribution in [0.1, 0.15) is 22.7 Å². The number of anilines is 1. The molecule has 0 saturated carbocycles. The van der Waals surface area contributed by atoms with Gasteiger partial charge >= 0.3 is 0 Å². The molecule has 0 spiro atoms. The Morgan fingerprint density at radius 1 is 1.00 bits per heavy atom. The number of aryl methyl sites for hydroxylation is 1. The number of nitrogens with zero attached hydrogens (tertiary/aromatic N) is 1. The highest BCUT2D eigenvalue weighted by atomic mass is 16.7. The number of rotatable bonds is 4. The molecule has 3 aromatic carbocycles. The normalized spacial score (nSPS) is 18.6. The van der Waals surface area contributed by atoms with Crippen LogP contribution in [-0.2, 0) is 9.59 Å². The number of carbonyl (C=O) groups excluding carboxylic acids is 2. The van der Waals surface area contributed by atoms with Crippen molar-refractivity contribution in [2.45, 2.75) is 13.0 Å². The SMILES string of the molecule is COc1ccc(/C(O)=C2\C(=O)C(=O)N(c3ccc4c(c3)OCO4)C2c2cccc(C)c2)cc1. The van der Waals surface area contributed by atoms with Crippen molar-refractivity contribution in [1.82, 2.24) is 0 Å². The van der Waals surface area contributed by atoms with E-state index in [1.165, 1.54) is 4.90 Å². The summed E-state index contributed by atoms with van der Waals surface area (Å²) >= 11 is 0. The molecule has 7 nitrogen and oxygen atoms in total. The Hall–Kier alpha value is -4.26. The summed E-state index contributed by atoms with van der Waals surface area (Å²) in [4.78, 5) is 27.9. The van der Waals surface area contributed by atoms with Gasteiger partial charge in [0.15, 0.2) is 11.5 Å². The number of hydrogen-bond donors (Lipinski definition) is 1. The smallest absolute Gasteiger partial charge is 0.300 e. The molecule has 1 atom stereocenters. The molecule has 2 aliphatic rings. The molecule has 2 heterocycles. The van der Waals surface area contributed by atoms with Crippen LogP contribution in [0.3, 0.4) is 0 Å². The maximum atomic E-state index is 13.3. The van der Waals surface area contributed by atoms with Crippen LogP contribution in [0.15, 0.2) is 72.3 Å². The zero-order chi connectivity index (χ0) is 23.1. The minimum atomic E-state index is -0.813. The van der Waals surface area contributed by atoms with Gasteiger partial charge in [0.05, 0.1) is 18.7 Å². The summed E-state index contributed by atoms with van der Waals surface area (Å²) in [5.74, 6) is -0.0514. The molecule has 5 rings (SSSR count). The molecule has 0 aliphatic carbocycles. The molecular formula is C26H21NO6. The number of ketones is 1. The fourth-order valence-corrected chi connectivity index (χ4v) is 4.19. The van der Waals surface area contributed by atoms with Gasteiger partial charge in [-0.25, -0.2) is 0 Å². The van der Waals surface area contributed by atoms with Gasteiger partial charge in [-0.15, -0.1) is 0 Å². The van der Waals surface area contributed by atoms with Gasteiger partial charge in [0.1, 0.15) is 11.5 Å². The molecule has 33 heavy (non-hydrogen) atoms. The minimum Gasteiger partial charge on any atom is -0.507 e. The molecule has 1 saturated heterocycles. The Morgan fingerprint density at radius 3 is 2.48 bits per heavy atom. The summed E-state index contributed by atoms with van der Waals surface area (Å²) in [5.41, 5.74) is 2.59. The molecular weight excluding hydrogens is 422 g/mol. The van der Waals surface area contributed by atoms with Gasteiger partial charge in [0, 0.05) is 17.3 Å². The molecule has 2 aliphatic heterocycles. The van der Waals surface area contributed by atoms with Crippen molar-refractivity contribution < 1.29 is 28.9 Å². The number of Topliss-reactive ketones (excluding diaryl/α,β-unsaturated/α-hetero) is 1. The highest BCUT2D eigenvalue weighted by Gasteiger charge is 2.47. The second-order valence-corrected chi connectivity index (χ2v) is 7.85. The summed E-state index contributed by atoms with van der Waals surface area (Å²) in [7, 11) is 1.55. The van der Waals surface area contributed by atoms with E-state index in [9.17, 15) is 14.7 Å². The summed E-state index contributed by atoms with van der Waals surface area (Å²) in [6, 6.07) is 18.5. The van der Waals surface area contributed by atoms with E-state index in [-0.39, 0.29) is 18.1 Å². The highest BCUT2D eigenvalue weighted by molar-refractivity contribution is 6.51. The first-order chi connectivity index (χ1) is 16.0. The van der Waals surface area contributed by atoms with Crippen molar-refractivity contribution in [2.24, 2.45) is 0 Å². The van der Waals surface area contributed by atoms with Crippen molar-refractivity contribution in [2.75, 3.05) is 18.8 Å². The van der Waals surface area contributed by atoms with Crippen molar-refractivity contribution >= 4 is 23.1 Å². The first kappa shape index (κ1) is 20.6. The Kier molecular flexibility index (Phi) is 5.01. The number of carbonyl (C=O) groups is 2. The number of hydrogen-bond acceptors (Lipinski definition) is 6. The Bertz CT molecular complexity index is 1290. The Labute approximate surface area is 190 Å². The lowest BCUT2D eigenvalue weighted by Gasteiger charge is -2.26. The quantitative estimate of drug-likeness (QED) is 0.366. The fourth-order valence-electron chi connectivity index (χ4n) is 4.19. The molecule has 0 bridgehead atoms. The standard InChI is InChI=1S/C26H21NO6/c1-15-4-3-5-17(12-15)23-22(24(28)16-6-9-19(31-2)10-7-16)25(29)26(30)27(23)18-8-11-20-21(13-18)33-14-32-20/h3-13,23,28H,14H2,1-2H3/b24-22+. The average Bonchev–Trinajstić information content (AvgIpc) is 3.40. The van der Waals surface area contributed by atoms with Crippen molar-refractivity contribution in [3.05, 3.63) is 89.0 Å². The molecule has 7 heteroatoms. The van der Waals surface area contributed by atoms with Gasteiger partial charge in [-0.2, -0.15) is 0 Å². The number of ether oxygens (including phenoxy) is 3. The highest BCUT2D eigenvalue weighted by Crippen LogP contribution is 2.45. The van der Waals surface area contributed by atoms with E-state index < -0.39 is 17.7 Å². The van der Waals surface area contributed by atoms with E-state index in [4.69, 9.17) is 14.2 Å². The van der Waals surface area contributed by atoms with Gasteiger partial charge < -0.3 is 19.3 Å². The van der Waals surface area contributed by atoms with Crippen LogP contribution in [0.2, 0.25) is 0 Å². The first-order valence-corrected chi connectivity index (χ1v) is 10.4. The predicted molar refractivity (Wildman–Crippen MR) is 122 cm³/mol. The van der Waals surface area contributed by atoms with Gasteiger partial charge in [-0.1, -0.05) is 29.8 Å². The van der Waals surface area contributed by atoms with E-state index in [1.54, 1.807) is 49.6 Å². The van der Waals surface area contributed by atoms with Crippen LogP contribution in [0.5, 0.6) is 17.2 Å². The van der Waals surface area contributed by atoms with Crippen molar-refractivity contribution in [3.8, 4) is 17.2 Å². The summed E-state index contributed by atoms with van der Waals surface area (Å²) in [6.45, 7) is 2.02. The first-order valence-electron chi connectivity index (χ1n) is 10.4. The zero-order valence-electron chi connectivity index (χ0n) is 18.1. The van der Waals surface area contributed by atoms with E-state index in [1.807, 2.05) is 31.2 Å². The fraction of sp³-hybridized carbons (Fsp3) is 0.154. The molecule has 1 fully saturated rings. The van der Waals surface area contributed by atoms with Crippen molar-refractivity contribution in [3.63, 3.8) is 0 Å². The van der Waals surface area contributed by atoms with Crippen LogP contribution >= 0.6 is 0 Å². The third kappa shape index (κ3) is 3.47. The third-order valence-corrected chi connectivity index (χ3v) is 5.80. The van der Waals surface area contributed by atoms with Crippen LogP contribution in [0.25, 0.3) is 5.76 Å². The number of amides is 1. The number of methoxy groups -OCH3 is 1. The second kappa shape index (κ2) is 8.02. The molecule has 0 aromatic heterocycles.